The third kappa shape index (κ3) is 4.43. The molecule has 0 radical (unpaired) electrons. The molecule has 3 nitrogen and oxygen atoms in total. The van der Waals surface area contributed by atoms with Gasteiger partial charge in [-0.15, -0.1) is 0 Å². The molecule has 0 aromatic heterocycles. The summed E-state index contributed by atoms with van der Waals surface area (Å²) in [5, 5.41) is 13.2. The minimum absolute atomic E-state index is 0.333. The Kier molecular flexibility index (Phi) is 6.10. The van der Waals surface area contributed by atoms with Gasteiger partial charge in [0.25, 0.3) is 0 Å². The van der Waals surface area contributed by atoms with Crippen molar-refractivity contribution in [2.45, 2.75) is 71.4 Å². The molecule has 4 atom stereocenters. The van der Waals surface area contributed by atoms with Gasteiger partial charge in [-0.25, -0.2) is 0 Å². The van der Waals surface area contributed by atoms with E-state index in [9.17, 15) is 5.11 Å². The molecule has 1 aliphatic carbocycles. The van der Waals surface area contributed by atoms with Gasteiger partial charge in [-0.05, 0) is 62.9 Å². The normalized spacial score (nSPS) is 35.9. The van der Waals surface area contributed by atoms with Gasteiger partial charge in [-0.1, -0.05) is 27.2 Å². The number of nitrogens with one attached hydrogen (secondary N) is 1. The molecule has 1 saturated heterocycles. The highest BCUT2D eigenvalue weighted by Crippen LogP contribution is 2.40. The van der Waals surface area contributed by atoms with Crippen LogP contribution in [-0.2, 0) is 0 Å². The first-order valence-corrected chi connectivity index (χ1v) is 8.98. The maximum atomic E-state index is 9.64. The zero-order valence-electron chi connectivity index (χ0n) is 14.6. The highest BCUT2D eigenvalue weighted by molar-refractivity contribution is 4.91. The van der Waals surface area contributed by atoms with Crippen molar-refractivity contribution in [3.05, 3.63) is 0 Å². The van der Waals surface area contributed by atoms with Crippen molar-refractivity contribution in [3.8, 4) is 0 Å². The molecule has 4 unspecified atom stereocenters. The largest absolute Gasteiger partial charge is 0.395 e. The van der Waals surface area contributed by atoms with Crippen LogP contribution in [0.3, 0.4) is 0 Å². The molecule has 1 heterocycles. The highest BCUT2D eigenvalue weighted by atomic mass is 16.3. The standard InChI is InChI=1S/C18H36N2O/c1-18(2,3)15-8-9-17(19-4)14(11-15)12-20-10-6-5-7-16(20)13-21/h14-17,19,21H,5-13H2,1-4H3. The maximum Gasteiger partial charge on any atom is 0.0586 e. The summed E-state index contributed by atoms with van der Waals surface area (Å²) in [7, 11) is 2.12. The summed E-state index contributed by atoms with van der Waals surface area (Å²) in [6.07, 6.45) is 7.76. The number of aliphatic hydroxyl groups is 1. The third-order valence-corrected chi connectivity index (χ3v) is 6.01. The monoisotopic (exact) mass is 296 g/mol. The number of hydrogen-bond donors (Lipinski definition) is 2. The van der Waals surface area contributed by atoms with E-state index in [2.05, 4.69) is 38.0 Å². The summed E-state index contributed by atoms with van der Waals surface area (Å²) in [6, 6.07) is 1.07. The van der Waals surface area contributed by atoms with E-state index in [-0.39, 0.29) is 0 Å². The fourth-order valence-electron chi connectivity index (χ4n) is 4.44. The lowest BCUT2D eigenvalue weighted by atomic mass is 9.67. The predicted octanol–water partition coefficient (Wildman–Crippen LogP) is 2.88. The van der Waals surface area contributed by atoms with Crippen LogP contribution in [0.1, 0.15) is 59.3 Å². The first-order chi connectivity index (χ1) is 9.95. The smallest absolute Gasteiger partial charge is 0.0586 e. The summed E-state index contributed by atoms with van der Waals surface area (Å²) < 4.78 is 0. The highest BCUT2D eigenvalue weighted by Gasteiger charge is 2.37. The van der Waals surface area contributed by atoms with E-state index in [1.54, 1.807) is 0 Å². The van der Waals surface area contributed by atoms with Gasteiger partial charge in [-0.3, -0.25) is 4.90 Å². The van der Waals surface area contributed by atoms with Gasteiger partial charge in [0.05, 0.1) is 6.61 Å². The van der Waals surface area contributed by atoms with Gasteiger partial charge in [0, 0.05) is 18.6 Å². The van der Waals surface area contributed by atoms with Crippen LogP contribution in [0.15, 0.2) is 0 Å². The van der Waals surface area contributed by atoms with Crippen molar-refractivity contribution in [2.75, 3.05) is 26.7 Å². The van der Waals surface area contributed by atoms with Crippen molar-refractivity contribution in [2.24, 2.45) is 17.3 Å². The predicted molar refractivity (Wildman–Crippen MR) is 89.4 cm³/mol. The van der Waals surface area contributed by atoms with Crippen LogP contribution in [0, 0.1) is 17.3 Å². The molecule has 0 bridgehead atoms. The second kappa shape index (κ2) is 7.43. The summed E-state index contributed by atoms with van der Waals surface area (Å²) in [6.45, 7) is 9.87. The molecule has 3 heteroatoms. The summed E-state index contributed by atoms with van der Waals surface area (Å²) in [5.41, 5.74) is 0.426. The van der Waals surface area contributed by atoms with Crippen molar-refractivity contribution in [1.29, 1.82) is 0 Å². The molecule has 0 spiro atoms. The lowest BCUT2D eigenvalue weighted by Crippen LogP contribution is -2.50. The van der Waals surface area contributed by atoms with Crippen molar-refractivity contribution >= 4 is 0 Å². The van der Waals surface area contributed by atoms with Gasteiger partial charge in [0.15, 0.2) is 0 Å². The van der Waals surface area contributed by atoms with Gasteiger partial charge in [0.1, 0.15) is 0 Å². The van der Waals surface area contributed by atoms with Crippen LogP contribution in [-0.4, -0.2) is 48.8 Å². The fraction of sp³-hybridized carbons (Fsp3) is 1.00. The van der Waals surface area contributed by atoms with E-state index >= 15 is 0 Å². The molecule has 2 fully saturated rings. The number of nitrogens with zero attached hydrogens (tertiary/aromatic N) is 1. The van der Waals surface area contributed by atoms with Gasteiger partial charge < -0.3 is 10.4 Å². The second-order valence-electron chi connectivity index (χ2n) is 8.36. The van der Waals surface area contributed by atoms with Crippen molar-refractivity contribution in [3.63, 3.8) is 0 Å². The second-order valence-corrected chi connectivity index (χ2v) is 8.36. The van der Waals surface area contributed by atoms with E-state index in [4.69, 9.17) is 0 Å². The van der Waals surface area contributed by atoms with Crippen LogP contribution in [0.4, 0.5) is 0 Å². The average Bonchev–Trinajstić information content (AvgIpc) is 2.47. The topological polar surface area (TPSA) is 35.5 Å². The van der Waals surface area contributed by atoms with Crippen LogP contribution >= 0.6 is 0 Å². The Morgan fingerprint density at radius 3 is 2.52 bits per heavy atom. The van der Waals surface area contributed by atoms with E-state index in [0.29, 0.717) is 24.1 Å². The molecule has 124 valence electrons. The number of hydrogen-bond acceptors (Lipinski definition) is 3. The van der Waals surface area contributed by atoms with Crippen LogP contribution in [0.2, 0.25) is 0 Å². The number of likely N-dealkylation sites (tertiary alicyclic amines) is 1. The molecule has 2 rings (SSSR count). The lowest BCUT2D eigenvalue weighted by molar-refractivity contribution is 0.0415. The molecule has 1 saturated carbocycles. The molecule has 0 aromatic rings. The van der Waals surface area contributed by atoms with E-state index in [1.807, 2.05) is 0 Å². The average molecular weight is 296 g/mol. The number of piperidine rings is 1. The van der Waals surface area contributed by atoms with Gasteiger partial charge in [0.2, 0.25) is 0 Å². The van der Waals surface area contributed by atoms with Crippen LogP contribution in [0.25, 0.3) is 0 Å². The Morgan fingerprint density at radius 2 is 1.90 bits per heavy atom. The van der Waals surface area contributed by atoms with Crippen molar-refractivity contribution in [1.82, 2.24) is 10.2 Å². The Labute approximate surface area is 131 Å². The molecule has 0 amide bonds. The number of aliphatic hydroxyl groups excluding tert-OH is 1. The first kappa shape index (κ1) is 17.2. The Bertz CT molecular complexity index is 313. The molecule has 21 heavy (non-hydrogen) atoms. The molecule has 0 aromatic carbocycles. The maximum absolute atomic E-state index is 9.64. The molecule has 2 aliphatic rings. The van der Waals surface area contributed by atoms with E-state index in [1.165, 1.54) is 51.6 Å². The SMILES string of the molecule is CNC1CCC(C(C)(C)C)CC1CN1CCCCC1CO. The molecule has 1 aliphatic heterocycles. The fourth-order valence-corrected chi connectivity index (χ4v) is 4.44. The summed E-state index contributed by atoms with van der Waals surface area (Å²) >= 11 is 0. The quantitative estimate of drug-likeness (QED) is 0.837. The minimum atomic E-state index is 0.333. The number of rotatable bonds is 4. The zero-order chi connectivity index (χ0) is 15.5. The third-order valence-electron chi connectivity index (χ3n) is 6.01. The van der Waals surface area contributed by atoms with Gasteiger partial charge >= 0.3 is 0 Å². The molecule has 2 N–H and O–H groups in total. The van der Waals surface area contributed by atoms with Gasteiger partial charge in [-0.2, -0.15) is 0 Å². The van der Waals surface area contributed by atoms with Crippen LogP contribution < -0.4 is 5.32 Å². The lowest BCUT2D eigenvalue weighted by Gasteiger charge is -2.45. The van der Waals surface area contributed by atoms with E-state index < -0.39 is 0 Å². The summed E-state index contributed by atoms with van der Waals surface area (Å²) in [5.74, 6) is 1.57. The first-order valence-electron chi connectivity index (χ1n) is 8.98. The van der Waals surface area contributed by atoms with E-state index in [0.717, 1.165) is 11.8 Å². The zero-order valence-corrected chi connectivity index (χ0v) is 14.6. The molecular formula is C18H36N2O. The van der Waals surface area contributed by atoms with Crippen LogP contribution in [0.5, 0.6) is 0 Å². The minimum Gasteiger partial charge on any atom is -0.395 e. The Morgan fingerprint density at radius 1 is 1.14 bits per heavy atom. The Balaban J connectivity index is 1.99. The molecular weight excluding hydrogens is 260 g/mol. The Hall–Kier alpha value is -0.120. The van der Waals surface area contributed by atoms with Crippen molar-refractivity contribution < 1.29 is 5.11 Å². The summed E-state index contributed by atoms with van der Waals surface area (Å²) in [4.78, 5) is 2.57.